The van der Waals surface area contributed by atoms with Crippen LogP contribution in [0.1, 0.15) is 48.0 Å². The molecule has 1 aromatic rings. The average molecular weight is 371 g/mol. The summed E-state index contributed by atoms with van der Waals surface area (Å²) in [4.78, 5) is 44.6. The Labute approximate surface area is 158 Å². The molecular formula is C20H25N3O4. The van der Waals surface area contributed by atoms with Crippen LogP contribution in [0.15, 0.2) is 18.5 Å². The third-order valence-electron chi connectivity index (χ3n) is 6.39. The van der Waals surface area contributed by atoms with E-state index >= 15 is 0 Å². The first kappa shape index (κ1) is 17.9. The molecule has 0 aromatic carbocycles. The van der Waals surface area contributed by atoms with Gasteiger partial charge in [0.2, 0.25) is 5.91 Å². The van der Waals surface area contributed by atoms with E-state index in [1.165, 1.54) is 11.1 Å². The number of nitrogens with zero attached hydrogens (tertiary/aromatic N) is 3. The molecule has 1 atom stereocenters. The Bertz CT molecular complexity index is 781. The van der Waals surface area contributed by atoms with E-state index in [2.05, 4.69) is 4.98 Å². The van der Waals surface area contributed by atoms with Crippen molar-refractivity contribution in [3.05, 3.63) is 29.6 Å². The number of hydrogen-bond acceptors (Lipinski definition) is 4. The summed E-state index contributed by atoms with van der Waals surface area (Å²) in [6, 6.07) is 0.944. The van der Waals surface area contributed by atoms with Crippen LogP contribution in [0.4, 0.5) is 0 Å². The van der Waals surface area contributed by atoms with Gasteiger partial charge in [0.15, 0.2) is 0 Å². The van der Waals surface area contributed by atoms with E-state index < -0.39 is 12.0 Å². The summed E-state index contributed by atoms with van der Waals surface area (Å²) in [6.45, 7) is 3.59. The van der Waals surface area contributed by atoms with Gasteiger partial charge in [0.05, 0.1) is 5.56 Å². The molecule has 1 aromatic heterocycles. The number of pyridine rings is 1. The molecule has 1 aliphatic carbocycles. The summed E-state index contributed by atoms with van der Waals surface area (Å²) in [7, 11) is 0. The predicted molar refractivity (Wildman–Crippen MR) is 97.0 cm³/mol. The fraction of sp³-hybridized carbons (Fsp3) is 0.600. The fourth-order valence-corrected chi connectivity index (χ4v) is 4.49. The Morgan fingerprint density at radius 3 is 2.52 bits per heavy atom. The molecule has 3 heterocycles. The number of aryl methyl sites for hydroxylation is 1. The van der Waals surface area contributed by atoms with Crippen molar-refractivity contribution in [1.29, 1.82) is 0 Å². The van der Waals surface area contributed by atoms with Crippen molar-refractivity contribution in [3.63, 3.8) is 0 Å². The number of carboxylic acids is 1. The van der Waals surface area contributed by atoms with Crippen molar-refractivity contribution in [2.75, 3.05) is 19.6 Å². The van der Waals surface area contributed by atoms with Crippen LogP contribution in [0.3, 0.4) is 0 Å². The molecule has 1 N–H and O–H groups in total. The molecule has 3 fully saturated rings. The first-order valence-electron chi connectivity index (χ1n) is 9.63. The third kappa shape index (κ3) is 3.31. The number of carbonyl (C=O) groups is 3. The summed E-state index contributed by atoms with van der Waals surface area (Å²) in [5.41, 5.74) is 1.04. The lowest BCUT2D eigenvalue weighted by atomic mass is 9.76. The summed E-state index contributed by atoms with van der Waals surface area (Å²) in [6.07, 6.45) is 7.09. The fourth-order valence-electron chi connectivity index (χ4n) is 4.49. The number of carboxylic acid groups (broad SMARTS) is 1. The first-order chi connectivity index (χ1) is 12.9. The van der Waals surface area contributed by atoms with Crippen molar-refractivity contribution >= 4 is 17.8 Å². The zero-order valence-electron chi connectivity index (χ0n) is 15.6. The van der Waals surface area contributed by atoms with Crippen LogP contribution in [-0.4, -0.2) is 63.4 Å². The molecule has 4 rings (SSSR count). The van der Waals surface area contributed by atoms with Gasteiger partial charge in [0, 0.05) is 37.9 Å². The summed E-state index contributed by atoms with van der Waals surface area (Å²) < 4.78 is 0. The number of carbonyl (C=O) groups excluding carboxylic acids is 2. The molecule has 1 spiro atoms. The molecule has 2 amide bonds. The molecule has 144 valence electrons. The first-order valence-corrected chi connectivity index (χ1v) is 9.63. The van der Waals surface area contributed by atoms with E-state index in [9.17, 15) is 19.5 Å². The maximum absolute atomic E-state index is 13.0. The van der Waals surface area contributed by atoms with Gasteiger partial charge in [-0.2, -0.15) is 0 Å². The number of aliphatic carboxylic acids is 1. The van der Waals surface area contributed by atoms with Gasteiger partial charge in [-0.15, -0.1) is 0 Å². The Kier molecular flexibility index (Phi) is 4.40. The maximum atomic E-state index is 13.0. The maximum Gasteiger partial charge on any atom is 0.326 e. The van der Waals surface area contributed by atoms with E-state index in [0.717, 1.165) is 31.2 Å². The minimum absolute atomic E-state index is 0.209. The molecule has 3 aliphatic rings. The highest BCUT2D eigenvalue weighted by atomic mass is 16.4. The highest BCUT2D eigenvalue weighted by Crippen LogP contribution is 2.45. The second-order valence-electron chi connectivity index (χ2n) is 8.28. The number of aromatic nitrogens is 1. The Morgan fingerprint density at radius 2 is 1.93 bits per heavy atom. The molecule has 0 unspecified atom stereocenters. The van der Waals surface area contributed by atoms with Gasteiger partial charge >= 0.3 is 5.97 Å². The van der Waals surface area contributed by atoms with Crippen molar-refractivity contribution < 1.29 is 19.5 Å². The van der Waals surface area contributed by atoms with Crippen molar-refractivity contribution in [1.82, 2.24) is 14.8 Å². The Hall–Kier alpha value is -2.44. The number of likely N-dealkylation sites (tertiary alicyclic amines) is 2. The Morgan fingerprint density at radius 1 is 1.22 bits per heavy atom. The van der Waals surface area contributed by atoms with Crippen LogP contribution in [0, 0.1) is 18.3 Å². The SMILES string of the molecule is Cc1ccncc1C(=O)N1CC2(CCN(C(=O)C3CC3)CC2)C[C@@H]1C(=O)O. The minimum Gasteiger partial charge on any atom is -0.480 e. The summed E-state index contributed by atoms with van der Waals surface area (Å²) >= 11 is 0. The van der Waals surface area contributed by atoms with E-state index in [-0.39, 0.29) is 23.1 Å². The molecule has 0 bridgehead atoms. The topological polar surface area (TPSA) is 90.8 Å². The van der Waals surface area contributed by atoms with Gasteiger partial charge in [0.25, 0.3) is 5.91 Å². The molecule has 1 saturated carbocycles. The van der Waals surface area contributed by atoms with Crippen molar-refractivity contribution in [2.45, 2.75) is 45.1 Å². The monoisotopic (exact) mass is 371 g/mol. The smallest absolute Gasteiger partial charge is 0.326 e. The predicted octanol–water partition coefficient (Wildman–Crippen LogP) is 1.71. The summed E-state index contributed by atoms with van der Waals surface area (Å²) in [5, 5.41) is 9.71. The third-order valence-corrected chi connectivity index (χ3v) is 6.39. The molecule has 0 radical (unpaired) electrons. The molecular weight excluding hydrogens is 346 g/mol. The van der Waals surface area contributed by atoms with Crippen LogP contribution in [0.2, 0.25) is 0 Å². The molecule has 27 heavy (non-hydrogen) atoms. The largest absolute Gasteiger partial charge is 0.480 e. The van der Waals surface area contributed by atoms with Gasteiger partial charge in [0.1, 0.15) is 6.04 Å². The lowest BCUT2D eigenvalue weighted by Gasteiger charge is -2.39. The van der Waals surface area contributed by atoms with E-state index in [1.54, 1.807) is 12.3 Å². The van der Waals surface area contributed by atoms with E-state index in [4.69, 9.17) is 0 Å². The Balaban J connectivity index is 1.51. The molecule has 2 aliphatic heterocycles. The van der Waals surface area contributed by atoms with Crippen LogP contribution >= 0.6 is 0 Å². The van der Waals surface area contributed by atoms with E-state index in [1.807, 2.05) is 11.8 Å². The van der Waals surface area contributed by atoms with Crippen molar-refractivity contribution in [3.8, 4) is 0 Å². The van der Waals surface area contributed by atoms with Gasteiger partial charge in [-0.25, -0.2) is 4.79 Å². The zero-order valence-corrected chi connectivity index (χ0v) is 15.6. The van der Waals surface area contributed by atoms with E-state index in [0.29, 0.717) is 31.6 Å². The molecule has 7 heteroatoms. The van der Waals surface area contributed by atoms with Gasteiger partial charge in [-0.3, -0.25) is 14.6 Å². The molecule has 7 nitrogen and oxygen atoms in total. The van der Waals surface area contributed by atoms with Crippen LogP contribution in [0.25, 0.3) is 0 Å². The number of piperidine rings is 1. The lowest BCUT2D eigenvalue weighted by Crippen LogP contribution is -2.45. The van der Waals surface area contributed by atoms with Gasteiger partial charge in [-0.1, -0.05) is 0 Å². The number of rotatable bonds is 3. The lowest BCUT2D eigenvalue weighted by molar-refractivity contribution is -0.141. The second kappa shape index (κ2) is 6.62. The highest BCUT2D eigenvalue weighted by Gasteiger charge is 2.51. The normalized spacial score (nSPS) is 24.3. The van der Waals surface area contributed by atoms with Crippen LogP contribution in [-0.2, 0) is 9.59 Å². The standard InChI is InChI=1S/C20H25N3O4/c1-13-4-7-21-11-15(13)18(25)23-12-20(10-16(23)19(26)27)5-8-22(9-6-20)17(24)14-2-3-14/h4,7,11,14,16H,2-3,5-6,8-10,12H2,1H3,(H,26,27)/t16-/m1/s1. The zero-order chi connectivity index (χ0) is 19.2. The average Bonchev–Trinajstić information content (AvgIpc) is 3.44. The second-order valence-corrected chi connectivity index (χ2v) is 8.28. The number of amides is 2. The van der Waals surface area contributed by atoms with Gasteiger partial charge < -0.3 is 14.9 Å². The van der Waals surface area contributed by atoms with Crippen molar-refractivity contribution in [2.24, 2.45) is 11.3 Å². The quantitative estimate of drug-likeness (QED) is 0.873. The molecule has 2 saturated heterocycles. The summed E-state index contributed by atoms with van der Waals surface area (Å²) in [5.74, 6) is -0.766. The minimum atomic E-state index is -0.960. The number of hydrogen-bond donors (Lipinski definition) is 1. The highest BCUT2D eigenvalue weighted by molar-refractivity contribution is 5.98. The van der Waals surface area contributed by atoms with Gasteiger partial charge in [-0.05, 0) is 56.1 Å². The van der Waals surface area contributed by atoms with Crippen LogP contribution in [0.5, 0.6) is 0 Å². The van der Waals surface area contributed by atoms with Crippen LogP contribution < -0.4 is 0 Å².